The Morgan fingerprint density at radius 1 is 0.735 bits per heavy atom. The third kappa shape index (κ3) is 3.04. The topological polar surface area (TPSA) is 0 Å². The fourth-order valence-electron chi connectivity index (χ4n) is 6.11. The smallest absolute Gasteiger partial charge is 0.0382 e. The van der Waals surface area contributed by atoms with Crippen molar-refractivity contribution in [1.82, 2.24) is 0 Å². The second kappa shape index (κ2) is 7.82. The molecule has 5 aromatic rings. The molecular formula is C33H26S. The van der Waals surface area contributed by atoms with Crippen LogP contribution >= 0.6 is 11.3 Å². The minimum atomic E-state index is 0.300. The third-order valence-corrected chi connectivity index (χ3v) is 8.86. The lowest BCUT2D eigenvalue weighted by molar-refractivity contribution is 0.802. The van der Waals surface area contributed by atoms with E-state index in [1.807, 2.05) is 11.3 Å². The zero-order valence-electron chi connectivity index (χ0n) is 19.3. The highest BCUT2D eigenvalue weighted by Gasteiger charge is 2.25. The lowest BCUT2D eigenvalue weighted by Crippen LogP contribution is -2.25. The molecule has 0 spiro atoms. The highest BCUT2D eigenvalue weighted by atomic mass is 32.1. The summed E-state index contributed by atoms with van der Waals surface area (Å²) in [5.74, 6) is 0.300. The maximum atomic E-state index is 2.52. The van der Waals surface area contributed by atoms with Crippen molar-refractivity contribution in [1.29, 1.82) is 0 Å². The third-order valence-electron chi connectivity index (χ3n) is 7.67. The Balaban J connectivity index is 1.60. The molecule has 0 fully saturated rings. The normalized spacial score (nSPS) is 16.5. The van der Waals surface area contributed by atoms with E-state index < -0.39 is 0 Å². The summed E-state index contributed by atoms with van der Waals surface area (Å²) in [5.41, 5.74) is 7.42. The van der Waals surface area contributed by atoms with Gasteiger partial charge in [0.1, 0.15) is 0 Å². The van der Waals surface area contributed by atoms with Gasteiger partial charge in [0, 0.05) is 15.5 Å². The van der Waals surface area contributed by atoms with Crippen molar-refractivity contribution in [3.63, 3.8) is 0 Å². The maximum absolute atomic E-state index is 2.52. The molecule has 0 bridgehead atoms. The molecule has 1 unspecified atom stereocenters. The Labute approximate surface area is 203 Å². The fourth-order valence-corrected chi connectivity index (χ4v) is 7.25. The van der Waals surface area contributed by atoms with Gasteiger partial charge in [0.15, 0.2) is 0 Å². The van der Waals surface area contributed by atoms with Gasteiger partial charge in [0.05, 0.1) is 0 Å². The van der Waals surface area contributed by atoms with Crippen molar-refractivity contribution >= 4 is 33.1 Å². The summed E-state index contributed by atoms with van der Waals surface area (Å²) < 4.78 is 1.38. The van der Waals surface area contributed by atoms with Crippen LogP contribution in [0.3, 0.4) is 0 Å². The molecule has 2 aliphatic rings. The van der Waals surface area contributed by atoms with Crippen LogP contribution < -0.4 is 10.4 Å². The van der Waals surface area contributed by atoms with Gasteiger partial charge in [-0.05, 0) is 92.4 Å². The molecule has 4 aromatic carbocycles. The number of thiophene rings is 1. The predicted molar refractivity (Wildman–Crippen MR) is 145 cm³/mol. The van der Waals surface area contributed by atoms with Crippen molar-refractivity contribution < 1.29 is 0 Å². The number of benzene rings is 4. The molecule has 34 heavy (non-hydrogen) atoms. The standard InChI is InChI=1S/C33H26S/c1-21-9-2-5-12-24(21)26-14-8-15-28-27(26)17-18-29-25-13-6-3-10-22(25)19-30(33(28)29)32-20-23-11-4-7-16-31(23)34-32/h2-7,9-13,16-20,30H,8,14-15H2,1H3. The molecule has 7 rings (SSSR count). The summed E-state index contributed by atoms with van der Waals surface area (Å²) in [6.07, 6.45) is 6.05. The average molecular weight is 455 g/mol. The zero-order chi connectivity index (χ0) is 22.6. The van der Waals surface area contributed by atoms with Crippen LogP contribution in [-0.4, -0.2) is 0 Å². The molecule has 1 heteroatoms. The van der Waals surface area contributed by atoms with E-state index in [0.717, 1.165) is 12.8 Å². The molecule has 0 saturated heterocycles. The summed E-state index contributed by atoms with van der Waals surface area (Å²) in [7, 11) is 0. The van der Waals surface area contributed by atoms with Gasteiger partial charge in [-0.3, -0.25) is 0 Å². The minimum absolute atomic E-state index is 0.300. The highest BCUT2D eigenvalue weighted by Crippen LogP contribution is 2.39. The van der Waals surface area contributed by atoms with Crippen molar-refractivity contribution in [3.8, 4) is 0 Å². The van der Waals surface area contributed by atoms with E-state index >= 15 is 0 Å². The SMILES string of the molecule is Cc1ccccc1C1=c2ccc3c(c2CCC1)C(c1cc2ccccc2s1)C=c1ccccc1=3. The van der Waals surface area contributed by atoms with Crippen LogP contribution in [0.1, 0.15) is 45.9 Å². The van der Waals surface area contributed by atoms with Crippen LogP contribution in [0.4, 0.5) is 0 Å². The summed E-state index contributed by atoms with van der Waals surface area (Å²) in [6, 6.07) is 33.9. The quantitative estimate of drug-likeness (QED) is 0.270. The van der Waals surface area contributed by atoms with Crippen molar-refractivity contribution in [2.24, 2.45) is 0 Å². The van der Waals surface area contributed by atoms with Gasteiger partial charge in [0.2, 0.25) is 0 Å². The summed E-state index contributed by atoms with van der Waals surface area (Å²) >= 11 is 1.95. The molecule has 0 saturated carbocycles. The molecule has 2 aliphatic carbocycles. The van der Waals surface area contributed by atoms with Crippen LogP contribution in [0.2, 0.25) is 0 Å². The Bertz CT molecular complexity index is 1770. The van der Waals surface area contributed by atoms with E-state index in [2.05, 4.69) is 104 Å². The summed E-state index contributed by atoms with van der Waals surface area (Å²) in [6.45, 7) is 2.25. The van der Waals surface area contributed by atoms with E-state index in [1.165, 1.54) is 64.5 Å². The van der Waals surface area contributed by atoms with Crippen LogP contribution in [0.15, 0.2) is 91.0 Å². The highest BCUT2D eigenvalue weighted by molar-refractivity contribution is 7.19. The van der Waals surface area contributed by atoms with Gasteiger partial charge in [0.25, 0.3) is 0 Å². The van der Waals surface area contributed by atoms with E-state index in [4.69, 9.17) is 0 Å². The number of aryl methyl sites for hydroxylation is 1. The first kappa shape index (κ1) is 20.0. The fraction of sp³-hybridized carbons (Fsp3) is 0.152. The summed E-state index contributed by atoms with van der Waals surface area (Å²) in [4.78, 5) is 1.45. The Morgan fingerprint density at radius 2 is 1.53 bits per heavy atom. The molecular weight excluding hydrogens is 428 g/mol. The lowest BCUT2D eigenvalue weighted by atomic mass is 9.79. The molecule has 164 valence electrons. The Morgan fingerprint density at radius 3 is 2.44 bits per heavy atom. The molecule has 1 aromatic heterocycles. The number of fused-ring (bicyclic) bond motifs is 5. The van der Waals surface area contributed by atoms with Gasteiger partial charge >= 0.3 is 0 Å². The molecule has 0 nitrogen and oxygen atoms in total. The summed E-state index contributed by atoms with van der Waals surface area (Å²) in [5, 5.41) is 6.98. The van der Waals surface area contributed by atoms with E-state index in [-0.39, 0.29) is 0 Å². The first-order valence-electron chi connectivity index (χ1n) is 12.3. The molecule has 0 amide bonds. The number of rotatable bonds is 2. The van der Waals surface area contributed by atoms with Crippen LogP contribution in [-0.2, 0) is 6.42 Å². The van der Waals surface area contributed by atoms with Gasteiger partial charge in [-0.1, -0.05) is 84.9 Å². The van der Waals surface area contributed by atoms with E-state index in [1.54, 1.807) is 5.56 Å². The van der Waals surface area contributed by atoms with Crippen molar-refractivity contribution in [2.75, 3.05) is 0 Å². The van der Waals surface area contributed by atoms with Crippen LogP contribution in [0.25, 0.3) is 21.7 Å². The van der Waals surface area contributed by atoms with Crippen molar-refractivity contribution in [3.05, 3.63) is 139 Å². The molecule has 0 radical (unpaired) electrons. The average Bonchev–Trinajstić information content (AvgIpc) is 3.32. The zero-order valence-corrected chi connectivity index (χ0v) is 20.2. The molecule has 0 N–H and O–H groups in total. The maximum Gasteiger partial charge on any atom is 0.0382 e. The van der Waals surface area contributed by atoms with Gasteiger partial charge in [-0.15, -0.1) is 11.3 Å². The lowest BCUT2D eigenvalue weighted by Gasteiger charge is -2.25. The molecule has 1 atom stereocenters. The number of hydrogen-bond acceptors (Lipinski definition) is 1. The van der Waals surface area contributed by atoms with Gasteiger partial charge < -0.3 is 0 Å². The first-order valence-corrected chi connectivity index (χ1v) is 13.1. The molecule has 0 aliphatic heterocycles. The van der Waals surface area contributed by atoms with Crippen molar-refractivity contribution in [2.45, 2.75) is 32.1 Å². The monoisotopic (exact) mass is 454 g/mol. The van der Waals surface area contributed by atoms with E-state index in [9.17, 15) is 0 Å². The first-order chi connectivity index (χ1) is 16.8. The largest absolute Gasteiger partial charge is 0.139 e. The molecule has 1 heterocycles. The van der Waals surface area contributed by atoms with Gasteiger partial charge in [-0.25, -0.2) is 0 Å². The second-order valence-electron chi connectivity index (χ2n) is 9.62. The van der Waals surface area contributed by atoms with Gasteiger partial charge in [-0.2, -0.15) is 0 Å². The number of hydrogen-bond donors (Lipinski definition) is 0. The van der Waals surface area contributed by atoms with E-state index in [0.29, 0.717) is 5.92 Å². The van der Waals surface area contributed by atoms with Crippen LogP contribution in [0.5, 0.6) is 0 Å². The Kier molecular flexibility index (Phi) is 4.60. The van der Waals surface area contributed by atoms with Crippen LogP contribution in [0, 0.1) is 17.4 Å². The minimum Gasteiger partial charge on any atom is -0.139 e. The Hall–Kier alpha value is -3.42. The second-order valence-corrected chi connectivity index (χ2v) is 10.7. The predicted octanol–water partition coefficient (Wildman–Crippen LogP) is 6.96.